The van der Waals surface area contributed by atoms with E-state index >= 15 is 0 Å². The quantitative estimate of drug-likeness (QED) is 0.135. The standard InChI is InChI=1S/C32H22Cl2N4O11S/c1-47-32(46)48-19-12-6-10-16-24(19)49-31(45)37(27(16)41)18-11-5-9-15(20(18)34)25(39)35-21(14-7-3-2-4-8-14)26(40)36-22-28(42)38-23(30(43)44)17(33)13-50-29(22)38/h2-12,21-22,29H,13H2,1H3,(H,35,39)(H,36,40)(H,43,44)/t21-,22-,29-/m1/s1. The van der Waals surface area contributed by atoms with E-state index in [-0.39, 0.29) is 49.5 Å². The molecule has 15 nitrogen and oxygen atoms in total. The number of benzene rings is 3. The summed E-state index contributed by atoms with van der Waals surface area (Å²) in [5.41, 5.74) is -1.72. The molecule has 0 aliphatic carbocycles. The van der Waals surface area contributed by atoms with Gasteiger partial charge in [0.15, 0.2) is 11.3 Å². The van der Waals surface area contributed by atoms with Crippen LogP contribution in [-0.4, -0.2) is 68.7 Å². The molecule has 256 valence electrons. The van der Waals surface area contributed by atoms with Crippen LogP contribution in [0.25, 0.3) is 16.7 Å². The molecule has 3 heterocycles. The molecule has 1 fully saturated rings. The van der Waals surface area contributed by atoms with Gasteiger partial charge < -0.3 is 29.6 Å². The predicted molar refractivity (Wildman–Crippen MR) is 178 cm³/mol. The summed E-state index contributed by atoms with van der Waals surface area (Å²) in [6.07, 6.45) is -1.11. The fourth-order valence-electron chi connectivity index (χ4n) is 5.39. The number of thioether (sulfide) groups is 1. The van der Waals surface area contributed by atoms with Crippen molar-refractivity contribution in [2.24, 2.45) is 0 Å². The lowest BCUT2D eigenvalue weighted by atomic mass is 10.0. The maximum Gasteiger partial charge on any atom is 0.513 e. The number of ether oxygens (including phenoxy) is 2. The fraction of sp³-hybridized carbons (Fsp3) is 0.156. The number of aliphatic carboxylic acids is 1. The van der Waals surface area contributed by atoms with Gasteiger partial charge in [0, 0.05) is 5.75 Å². The van der Waals surface area contributed by atoms with E-state index in [9.17, 15) is 38.7 Å². The number of para-hydroxylation sites is 1. The summed E-state index contributed by atoms with van der Waals surface area (Å²) in [6.45, 7) is 0. The normalized spacial score (nSPS) is 17.3. The minimum atomic E-state index is -1.38. The Balaban J connectivity index is 1.30. The van der Waals surface area contributed by atoms with E-state index in [1.54, 1.807) is 30.3 Å². The Morgan fingerprint density at radius 1 is 1.00 bits per heavy atom. The average molecular weight is 742 g/mol. The largest absolute Gasteiger partial charge is 0.513 e. The molecule has 18 heteroatoms. The summed E-state index contributed by atoms with van der Waals surface area (Å²) >= 11 is 13.8. The lowest BCUT2D eigenvalue weighted by Crippen LogP contribution is -2.71. The molecular weight excluding hydrogens is 719 g/mol. The van der Waals surface area contributed by atoms with Crippen LogP contribution in [0.1, 0.15) is 22.0 Å². The van der Waals surface area contributed by atoms with Crippen molar-refractivity contribution in [1.29, 1.82) is 0 Å². The molecule has 4 aromatic rings. The van der Waals surface area contributed by atoms with E-state index in [1.807, 2.05) is 0 Å². The summed E-state index contributed by atoms with van der Waals surface area (Å²) in [6, 6.07) is 13.5. The Morgan fingerprint density at radius 2 is 1.72 bits per heavy atom. The number of β-lactam (4-membered cyclic amide) rings is 1. The van der Waals surface area contributed by atoms with Crippen LogP contribution in [0.5, 0.6) is 5.75 Å². The van der Waals surface area contributed by atoms with Gasteiger partial charge in [0.1, 0.15) is 23.2 Å². The summed E-state index contributed by atoms with van der Waals surface area (Å²) in [5, 5.41) is 13.5. The van der Waals surface area contributed by atoms with Crippen molar-refractivity contribution >= 4 is 75.8 Å². The number of carbonyl (C=O) groups is 5. The summed E-state index contributed by atoms with van der Waals surface area (Å²) in [5.74, 6) is -5.10. The maximum atomic E-state index is 13.7. The van der Waals surface area contributed by atoms with E-state index in [0.29, 0.717) is 10.1 Å². The number of nitrogens with zero attached hydrogens (tertiary/aromatic N) is 2. The van der Waals surface area contributed by atoms with E-state index in [0.717, 1.165) is 12.0 Å². The lowest BCUT2D eigenvalue weighted by molar-refractivity contribution is -0.150. The molecule has 6 rings (SSSR count). The monoisotopic (exact) mass is 740 g/mol. The molecule has 3 atom stereocenters. The van der Waals surface area contributed by atoms with Crippen molar-refractivity contribution < 1.29 is 43.0 Å². The van der Waals surface area contributed by atoms with Gasteiger partial charge in [0.2, 0.25) is 5.91 Å². The van der Waals surface area contributed by atoms with Crippen molar-refractivity contribution in [2.75, 3.05) is 12.9 Å². The van der Waals surface area contributed by atoms with E-state index in [1.165, 1.54) is 48.2 Å². The van der Waals surface area contributed by atoms with E-state index in [2.05, 4.69) is 15.4 Å². The number of fused-ring (bicyclic) bond motifs is 2. The predicted octanol–water partition coefficient (Wildman–Crippen LogP) is 3.15. The smallest absolute Gasteiger partial charge is 0.477 e. The van der Waals surface area contributed by atoms with Crippen molar-refractivity contribution in [3.8, 4) is 11.4 Å². The zero-order chi connectivity index (χ0) is 35.9. The Morgan fingerprint density at radius 3 is 2.42 bits per heavy atom. The SMILES string of the molecule is COC(=O)Oc1cccc2c(=O)n(-c3cccc(C(=O)N[C@@H](C(=O)N[C@@H]4C(=O)N5C(C(=O)O)=C(Cl)CS[C@H]45)c4ccccc4)c3Cl)c(=O)oc12. The number of hydrogen-bond donors (Lipinski definition) is 3. The van der Waals surface area contributed by atoms with Gasteiger partial charge in [-0.15, -0.1) is 11.8 Å². The number of rotatable bonds is 8. The second kappa shape index (κ2) is 13.7. The van der Waals surface area contributed by atoms with Crippen LogP contribution in [0.2, 0.25) is 5.02 Å². The molecule has 0 unspecified atom stereocenters. The number of hydrogen-bond acceptors (Lipinski definition) is 11. The fourth-order valence-corrected chi connectivity index (χ4v) is 7.23. The second-order valence-electron chi connectivity index (χ2n) is 10.6. The number of aromatic nitrogens is 1. The molecule has 3 aromatic carbocycles. The van der Waals surface area contributed by atoms with Gasteiger partial charge in [0.25, 0.3) is 17.4 Å². The minimum Gasteiger partial charge on any atom is -0.477 e. The Bertz CT molecular complexity index is 2260. The summed E-state index contributed by atoms with van der Waals surface area (Å²) in [4.78, 5) is 91.4. The molecule has 3 N–H and O–H groups in total. The highest BCUT2D eigenvalue weighted by molar-refractivity contribution is 8.00. The van der Waals surface area contributed by atoms with Crippen molar-refractivity contribution in [2.45, 2.75) is 17.5 Å². The third kappa shape index (κ3) is 6.08. The maximum absolute atomic E-state index is 13.7. The van der Waals surface area contributed by atoms with E-state index < -0.39 is 58.6 Å². The average Bonchev–Trinajstić information content (AvgIpc) is 3.10. The van der Waals surface area contributed by atoms with Crippen LogP contribution in [-0.2, 0) is 19.1 Å². The van der Waals surface area contributed by atoms with Gasteiger partial charge in [-0.1, -0.05) is 65.7 Å². The molecule has 3 amide bonds. The Kier molecular flexibility index (Phi) is 9.42. The zero-order valence-electron chi connectivity index (χ0n) is 25.4. The lowest BCUT2D eigenvalue weighted by Gasteiger charge is -2.49. The van der Waals surface area contributed by atoms with Gasteiger partial charge in [0.05, 0.1) is 33.8 Å². The molecule has 0 spiro atoms. The zero-order valence-corrected chi connectivity index (χ0v) is 27.7. The third-order valence-corrected chi connectivity index (χ3v) is 9.85. The first-order valence-electron chi connectivity index (χ1n) is 14.4. The van der Waals surface area contributed by atoms with Crippen molar-refractivity contribution in [3.63, 3.8) is 0 Å². The molecule has 1 saturated heterocycles. The van der Waals surface area contributed by atoms with Crippen LogP contribution in [0.15, 0.2) is 91.5 Å². The van der Waals surface area contributed by atoms with Gasteiger partial charge in [-0.3, -0.25) is 24.1 Å². The van der Waals surface area contributed by atoms with Crippen LogP contribution in [0, 0.1) is 0 Å². The Hall–Kier alpha value is -5.58. The third-order valence-electron chi connectivity index (χ3n) is 7.70. The minimum absolute atomic E-state index is 0.00790. The molecular formula is C32H22Cl2N4O11S. The molecule has 2 aliphatic rings. The summed E-state index contributed by atoms with van der Waals surface area (Å²) in [7, 11) is 1.07. The summed E-state index contributed by atoms with van der Waals surface area (Å²) < 4.78 is 15.4. The van der Waals surface area contributed by atoms with Gasteiger partial charge in [-0.25, -0.2) is 19.0 Å². The number of carboxylic acids is 1. The van der Waals surface area contributed by atoms with Gasteiger partial charge in [-0.05, 0) is 29.8 Å². The highest BCUT2D eigenvalue weighted by atomic mass is 35.5. The molecule has 0 bridgehead atoms. The van der Waals surface area contributed by atoms with E-state index in [4.69, 9.17) is 32.4 Å². The number of carbonyl (C=O) groups excluding carboxylic acids is 4. The topological polar surface area (TPSA) is 204 Å². The van der Waals surface area contributed by atoms with Crippen molar-refractivity contribution in [1.82, 2.24) is 20.1 Å². The number of halogens is 2. The van der Waals surface area contributed by atoms with Crippen LogP contribution in [0.3, 0.4) is 0 Å². The number of amides is 3. The first kappa shape index (κ1) is 34.3. The number of methoxy groups -OCH3 is 1. The second-order valence-corrected chi connectivity index (χ2v) is 12.5. The van der Waals surface area contributed by atoms with Crippen LogP contribution in [0.4, 0.5) is 4.79 Å². The molecule has 50 heavy (non-hydrogen) atoms. The molecule has 1 aromatic heterocycles. The first-order chi connectivity index (χ1) is 23.9. The molecule has 0 saturated carbocycles. The van der Waals surface area contributed by atoms with Gasteiger partial charge in [-0.2, -0.15) is 0 Å². The highest BCUT2D eigenvalue weighted by Crippen LogP contribution is 2.41. The van der Waals surface area contributed by atoms with Crippen LogP contribution < -0.4 is 26.7 Å². The van der Waals surface area contributed by atoms with Crippen molar-refractivity contribution in [3.05, 3.63) is 115 Å². The van der Waals surface area contributed by atoms with Crippen LogP contribution >= 0.6 is 35.0 Å². The first-order valence-corrected chi connectivity index (χ1v) is 16.2. The van der Waals surface area contributed by atoms with Gasteiger partial charge >= 0.3 is 17.9 Å². The highest BCUT2D eigenvalue weighted by Gasteiger charge is 2.54. The molecule has 2 aliphatic heterocycles. The number of carboxylic acid groups (broad SMARTS) is 1. The Labute approximate surface area is 294 Å². The molecule has 0 radical (unpaired) electrons. The number of nitrogens with one attached hydrogen (secondary N) is 2.